The van der Waals surface area contributed by atoms with Gasteiger partial charge in [-0.05, 0) is 133 Å². The minimum absolute atomic E-state index is 0.219. The first-order chi connectivity index (χ1) is 29.0. The molecule has 0 bridgehead atoms. The second-order valence-corrected chi connectivity index (χ2v) is 16.7. The molecule has 3 aromatic rings. The second-order valence-electron chi connectivity index (χ2n) is 16.7. The van der Waals surface area contributed by atoms with E-state index in [1.165, 1.54) is 0 Å². The monoisotopic (exact) mass is 836 g/mol. The van der Waals surface area contributed by atoms with Crippen molar-refractivity contribution >= 4 is 23.9 Å². The van der Waals surface area contributed by atoms with E-state index in [2.05, 4.69) is 48.1 Å². The highest BCUT2D eigenvalue weighted by atomic mass is 16.5. The first-order valence-corrected chi connectivity index (χ1v) is 20.8. The Morgan fingerprint density at radius 2 is 1.21 bits per heavy atom. The van der Waals surface area contributed by atoms with Gasteiger partial charge in [0.25, 0.3) is 0 Å². The number of rotatable bonds is 21. The molecule has 0 amide bonds. The van der Waals surface area contributed by atoms with Crippen molar-refractivity contribution in [1.82, 2.24) is 0 Å². The molecule has 3 aromatic carbocycles. The lowest BCUT2D eigenvalue weighted by atomic mass is 9.78. The summed E-state index contributed by atoms with van der Waals surface area (Å²) in [5.41, 5.74) is 3.05. The Morgan fingerprint density at radius 3 is 1.82 bits per heavy atom. The first-order valence-electron chi connectivity index (χ1n) is 20.8. The Balaban J connectivity index is 1.08. The van der Waals surface area contributed by atoms with Crippen molar-refractivity contribution in [3.63, 3.8) is 0 Å². The van der Waals surface area contributed by atoms with Crippen LogP contribution in [0.4, 0.5) is 0 Å². The highest BCUT2D eigenvalue weighted by molar-refractivity contribution is 5.93. The number of ether oxygens (including phenoxy) is 6. The van der Waals surface area contributed by atoms with Crippen molar-refractivity contribution < 1.29 is 52.7 Å². The number of aryl methyl sites for hydroxylation is 1. The molecule has 1 aliphatic rings. The van der Waals surface area contributed by atoms with Gasteiger partial charge in [-0.3, -0.25) is 4.79 Å². The quantitative estimate of drug-likeness (QED) is 0.0474. The molecular weight excluding hydrogens is 777 g/mol. The Labute approximate surface area is 360 Å². The Bertz CT molecular complexity index is 2020. The molecule has 0 aromatic heterocycles. The molecule has 0 saturated carbocycles. The lowest BCUT2D eigenvalue weighted by Crippen LogP contribution is -2.18. The van der Waals surface area contributed by atoms with E-state index in [1.54, 1.807) is 66.8 Å². The van der Waals surface area contributed by atoms with Gasteiger partial charge in [0.05, 0.1) is 37.6 Å². The summed E-state index contributed by atoms with van der Waals surface area (Å²) in [6.07, 6.45) is 13.2. The van der Waals surface area contributed by atoms with Crippen molar-refractivity contribution in [1.29, 1.82) is 0 Å². The second kappa shape index (κ2) is 23.0. The molecule has 4 rings (SSSR count). The van der Waals surface area contributed by atoms with E-state index in [-0.39, 0.29) is 41.3 Å². The van der Waals surface area contributed by atoms with Gasteiger partial charge in [-0.25, -0.2) is 14.4 Å². The van der Waals surface area contributed by atoms with Crippen LogP contribution in [-0.2, 0) is 45.8 Å². The molecule has 61 heavy (non-hydrogen) atoms. The number of carbonyl (C=O) groups is 4. The molecule has 1 aliphatic carbocycles. The fourth-order valence-electron chi connectivity index (χ4n) is 6.18. The zero-order valence-corrected chi connectivity index (χ0v) is 36.4. The molecule has 0 heterocycles. The average Bonchev–Trinajstić information content (AvgIpc) is 3.47. The van der Waals surface area contributed by atoms with Crippen LogP contribution in [0.15, 0.2) is 109 Å². The van der Waals surface area contributed by atoms with E-state index in [4.69, 9.17) is 28.4 Å². The fraction of sp³-hybridized carbons (Fsp3) is 0.400. The van der Waals surface area contributed by atoms with Crippen LogP contribution in [0.1, 0.15) is 114 Å². The molecule has 11 nitrogen and oxygen atoms in total. The number of esters is 4. The number of hydrogen-bond acceptors (Lipinski definition) is 11. The van der Waals surface area contributed by atoms with Gasteiger partial charge in [0.15, 0.2) is 0 Å². The number of allylic oxidation sites excluding steroid dienone is 3. The van der Waals surface area contributed by atoms with E-state index >= 15 is 0 Å². The van der Waals surface area contributed by atoms with Crippen molar-refractivity contribution in [2.45, 2.75) is 104 Å². The lowest BCUT2D eigenvalue weighted by Gasteiger charge is -2.28. The van der Waals surface area contributed by atoms with E-state index < -0.39 is 17.9 Å². The maximum Gasteiger partial charge on any atom is 0.343 e. The Kier molecular flexibility index (Phi) is 18.0. The number of phenolic OH excluding ortho intramolecular Hbond substituents is 1. The van der Waals surface area contributed by atoms with Gasteiger partial charge in [-0.1, -0.05) is 66.3 Å². The molecule has 0 radical (unpaired) electrons. The first kappa shape index (κ1) is 47.6. The van der Waals surface area contributed by atoms with Crippen LogP contribution in [0.2, 0.25) is 0 Å². The molecule has 1 N–H and O–H groups in total. The minimum Gasteiger partial charge on any atom is -0.507 e. The van der Waals surface area contributed by atoms with E-state index in [0.29, 0.717) is 67.5 Å². The summed E-state index contributed by atoms with van der Waals surface area (Å²) in [6, 6.07) is 16.9. The molecule has 0 saturated heterocycles. The summed E-state index contributed by atoms with van der Waals surface area (Å²) >= 11 is 0. The third-order valence-corrected chi connectivity index (χ3v) is 9.60. The predicted molar refractivity (Wildman–Crippen MR) is 234 cm³/mol. The number of carbonyl (C=O) groups excluding carboxylic acids is 4. The summed E-state index contributed by atoms with van der Waals surface area (Å²) in [5, 5.41) is 11.0. The normalized spacial score (nSPS) is 12.6. The third kappa shape index (κ3) is 16.1. The molecule has 0 atom stereocenters. The largest absolute Gasteiger partial charge is 0.507 e. The van der Waals surface area contributed by atoms with Crippen molar-refractivity contribution in [3.05, 3.63) is 131 Å². The zero-order valence-electron chi connectivity index (χ0n) is 36.4. The number of hydrogen-bond donors (Lipinski definition) is 1. The van der Waals surface area contributed by atoms with Gasteiger partial charge in [0, 0.05) is 18.9 Å². The highest BCUT2D eigenvalue weighted by Crippen LogP contribution is 2.40. The number of unbranched alkanes of at least 4 members (excludes halogenated alkanes) is 3. The molecule has 0 unspecified atom stereocenters. The maximum atomic E-state index is 12.8. The van der Waals surface area contributed by atoms with E-state index in [1.807, 2.05) is 18.2 Å². The minimum atomic E-state index is -0.545. The molecule has 0 fully saturated rings. The summed E-state index contributed by atoms with van der Waals surface area (Å²) in [7, 11) is 0. The predicted octanol–water partition coefficient (Wildman–Crippen LogP) is 10.1. The third-order valence-electron chi connectivity index (χ3n) is 9.60. The van der Waals surface area contributed by atoms with Crippen LogP contribution >= 0.6 is 0 Å². The number of aromatic hydroxyl groups is 1. The Morgan fingerprint density at radius 1 is 0.656 bits per heavy atom. The van der Waals surface area contributed by atoms with Crippen LogP contribution < -0.4 is 14.2 Å². The maximum absolute atomic E-state index is 12.8. The average molecular weight is 837 g/mol. The van der Waals surface area contributed by atoms with E-state index in [0.717, 1.165) is 48.4 Å². The summed E-state index contributed by atoms with van der Waals surface area (Å²) in [5.74, 6) is 0.343. The number of benzene rings is 3. The van der Waals surface area contributed by atoms with Crippen molar-refractivity contribution in [2.75, 3.05) is 26.4 Å². The fourth-order valence-corrected chi connectivity index (χ4v) is 6.18. The van der Waals surface area contributed by atoms with Crippen LogP contribution in [-0.4, -0.2) is 55.4 Å². The van der Waals surface area contributed by atoms with Crippen LogP contribution in [0, 0.1) is 0 Å². The Hall–Kier alpha value is -6.10. The zero-order chi connectivity index (χ0) is 44.4. The van der Waals surface area contributed by atoms with Crippen LogP contribution in [0.3, 0.4) is 0 Å². The van der Waals surface area contributed by atoms with Crippen LogP contribution in [0.5, 0.6) is 23.0 Å². The summed E-state index contributed by atoms with van der Waals surface area (Å²) in [6.45, 7) is 17.2. The highest BCUT2D eigenvalue weighted by Gasteiger charge is 2.26. The van der Waals surface area contributed by atoms with Crippen molar-refractivity contribution in [3.8, 4) is 23.0 Å². The lowest BCUT2D eigenvalue weighted by molar-refractivity contribution is -0.143. The summed E-state index contributed by atoms with van der Waals surface area (Å²) < 4.78 is 33.0. The van der Waals surface area contributed by atoms with Crippen molar-refractivity contribution in [2.24, 2.45) is 0 Å². The van der Waals surface area contributed by atoms with E-state index in [9.17, 15) is 24.3 Å². The van der Waals surface area contributed by atoms with Gasteiger partial charge in [0.1, 0.15) is 28.8 Å². The van der Waals surface area contributed by atoms with Gasteiger partial charge in [0.2, 0.25) is 0 Å². The van der Waals surface area contributed by atoms with Gasteiger partial charge >= 0.3 is 23.9 Å². The smallest absolute Gasteiger partial charge is 0.343 e. The SMILES string of the molecule is C=CC(=O)OCCCOC1=CCC=C(C(=O)Oc2ccc(OC(=O)c3ccc(OCCCCCCOC(=O)CCc4cc(C(C)(C)C)c(O)c(C(C)(C)C)c4)cc3)cc2)C=C1. The molecule has 326 valence electrons. The van der Waals surface area contributed by atoms with Gasteiger partial charge in [-0.15, -0.1) is 0 Å². The van der Waals surface area contributed by atoms with Crippen LogP contribution in [0.25, 0.3) is 0 Å². The van der Waals surface area contributed by atoms with Gasteiger partial charge < -0.3 is 33.5 Å². The van der Waals surface area contributed by atoms with Gasteiger partial charge in [-0.2, -0.15) is 0 Å². The molecular formula is C50H60O11. The molecule has 11 heteroatoms. The summed E-state index contributed by atoms with van der Waals surface area (Å²) in [4.78, 5) is 49.2. The molecule has 0 spiro atoms. The topological polar surface area (TPSA) is 144 Å². The number of phenols is 1. The molecule has 0 aliphatic heterocycles. The standard InChI is InChI=1S/C50H60O11/c1-8-44(51)58-32-14-31-57-38-16-13-15-36(18-21-38)47(54)60-40-24-26-41(27-25-40)61-48(55)37-19-22-39(23-20-37)56-29-11-9-10-12-30-59-45(52)28-17-35-33-42(49(2,3)4)46(53)43(34-35)50(5,6)7/h8,15-16,18-27,33-34,53H,1,9-14,17,28-32H2,2-7H3.